The van der Waals surface area contributed by atoms with Gasteiger partial charge in [0.25, 0.3) is 0 Å². The van der Waals surface area contributed by atoms with Gasteiger partial charge in [0.05, 0.1) is 12.3 Å². The summed E-state index contributed by atoms with van der Waals surface area (Å²) in [6.45, 7) is 0.301. The van der Waals surface area contributed by atoms with E-state index in [0.29, 0.717) is 35.6 Å². The van der Waals surface area contributed by atoms with Crippen LogP contribution >= 0.6 is 0 Å². The maximum atomic E-state index is 13.2. The lowest BCUT2D eigenvalue weighted by Gasteiger charge is -2.08. The molecule has 0 fully saturated rings. The zero-order valence-corrected chi connectivity index (χ0v) is 10.2. The number of aromatic nitrogens is 2. The molecule has 1 N–H and O–H groups in total. The van der Waals surface area contributed by atoms with Gasteiger partial charge in [0.15, 0.2) is 5.69 Å². The van der Waals surface area contributed by atoms with Gasteiger partial charge in [-0.15, -0.1) is 0 Å². The normalized spacial score (nSPS) is 13.2. The highest BCUT2D eigenvalue weighted by molar-refractivity contribution is 5.90. The number of rotatable bonds is 1. The van der Waals surface area contributed by atoms with Crippen molar-refractivity contribution in [3.8, 4) is 17.0 Å². The third-order valence-corrected chi connectivity index (χ3v) is 3.16. The SMILES string of the molecule is Cn1nc(C(=O)O)c2c1-c1ccc(F)cc1OCC2. The maximum absolute atomic E-state index is 13.2. The molecule has 1 aromatic heterocycles. The van der Waals surface area contributed by atoms with Crippen LogP contribution in [0.2, 0.25) is 0 Å². The van der Waals surface area contributed by atoms with E-state index >= 15 is 0 Å². The number of fused-ring (bicyclic) bond motifs is 3. The van der Waals surface area contributed by atoms with Crippen LogP contribution in [0.3, 0.4) is 0 Å². The first-order valence-corrected chi connectivity index (χ1v) is 5.80. The molecule has 6 heteroatoms. The minimum Gasteiger partial charge on any atom is -0.492 e. The molecular formula is C13H11FN2O3. The van der Waals surface area contributed by atoms with E-state index in [9.17, 15) is 9.18 Å². The summed E-state index contributed by atoms with van der Waals surface area (Å²) in [5.41, 5.74) is 1.99. The van der Waals surface area contributed by atoms with Gasteiger partial charge >= 0.3 is 5.97 Å². The number of nitrogens with zero attached hydrogens (tertiary/aromatic N) is 2. The van der Waals surface area contributed by atoms with E-state index in [-0.39, 0.29) is 11.5 Å². The Morgan fingerprint density at radius 3 is 3.05 bits per heavy atom. The summed E-state index contributed by atoms with van der Waals surface area (Å²) in [7, 11) is 1.67. The number of hydrogen-bond donors (Lipinski definition) is 1. The predicted octanol–water partition coefficient (Wildman–Crippen LogP) is 1.86. The third kappa shape index (κ3) is 1.76. The number of ether oxygens (including phenoxy) is 1. The van der Waals surface area contributed by atoms with Crippen LogP contribution in [-0.4, -0.2) is 27.5 Å². The van der Waals surface area contributed by atoms with Gasteiger partial charge in [-0.05, 0) is 12.1 Å². The van der Waals surface area contributed by atoms with Gasteiger partial charge < -0.3 is 9.84 Å². The minimum atomic E-state index is -1.07. The zero-order valence-electron chi connectivity index (χ0n) is 10.2. The van der Waals surface area contributed by atoms with Crippen LogP contribution in [0.25, 0.3) is 11.3 Å². The van der Waals surface area contributed by atoms with Crippen LogP contribution < -0.4 is 4.74 Å². The molecule has 0 aliphatic carbocycles. The van der Waals surface area contributed by atoms with Crippen molar-refractivity contribution in [2.24, 2.45) is 7.05 Å². The molecule has 0 atom stereocenters. The second-order valence-corrected chi connectivity index (χ2v) is 4.34. The summed E-state index contributed by atoms with van der Waals surface area (Å²) < 4.78 is 20.2. The van der Waals surface area contributed by atoms with Gasteiger partial charge in [-0.25, -0.2) is 9.18 Å². The van der Waals surface area contributed by atoms with Gasteiger partial charge in [-0.1, -0.05) is 0 Å². The number of carboxylic acid groups (broad SMARTS) is 1. The second-order valence-electron chi connectivity index (χ2n) is 4.34. The molecule has 0 spiro atoms. The molecule has 0 saturated heterocycles. The number of hydrogen-bond acceptors (Lipinski definition) is 3. The van der Waals surface area contributed by atoms with Crippen molar-refractivity contribution >= 4 is 5.97 Å². The monoisotopic (exact) mass is 262 g/mol. The third-order valence-electron chi connectivity index (χ3n) is 3.16. The quantitative estimate of drug-likeness (QED) is 0.852. The topological polar surface area (TPSA) is 64.4 Å². The lowest BCUT2D eigenvalue weighted by atomic mass is 10.0. The molecule has 0 saturated carbocycles. The molecule has 0 amide bonds. The van der Waals surface area contributed by atoms with Gasteiger partial charge in [0.2, 0.25) is 0 Å². The highest BCUT2D eigenvalue weighted by Crippen LogP contribution is 2.36. The molecule has 2 heterocycles. The summed E-state index contributed by atoms with van der Waals surface area (Å²) in [5, 5.41) is 13.2. The number of halogens is 1. The van der Waals surface area contributed by atoms with E-state index in [0.717, 1.165) is 0 Å². The highest BCUT2D eigenvalue weighted by atomic mass is 19.1. The Balaban J connectivity index is 2.29. The molecule has 1 aliphatic rings. The zero-order chi connectivity index (χ0) is 13.6. The van der Waals surface area contributed by atoms with Crippen LogP contribution in [0.15, 0.2) is 18.2 Å². The van der Waals surface area contributed by atoms with Crippen molar-refractivity contribution < 1.29 is 19.0 Å². The Bertz CT molecular complexity index is 679. The Morgan fingerprint density at radius 2 is 2.32 bits per heavy atom. The molecular weight excluding hydrogens is 251 g/mol. The number of aromatic carboxylic acids is 1. The molecule has 1 aromatic carbocycles. The summed E-state index contributed by atoms with van der Waals surface area (Å²) in [5.74, 6) is -1.04. The average molecular weight is 262 g/mol. The number of benzene rings is 1. The van der Waals surface area contributed by atoms with Crippen LogP contribution in [0.5, 0.6) is 5.75 Å². The smallest absolute Gasteiger partial charge is 0.356 e. The molecule has 0 unspecified atom stereocenters. The summed E-state index contributed by atoms with van der Waals surface area (Å²) in [4.78, 5) is 11.2. The van der Waals surface area contributed by atoms with Crippen molar-refractivity contribution in [2.75, 3.05) is 6.61 Å². The first kappa shape index (κ1) is 11.7. The first-order chi connectivity index (χ1) is 9.08. The molecule has 98 valence electrons. The molecule has 2 aromatic rings. The van der Waals surface area contributed by atoms with Crippen molar-refractivity contribution in [1.29, 1.82) is 0 Å². The van der Waals surface area contributed by atoms with Crippen LogP contribution in [-0.2, 0) is 13.5 Å². The largest absolute Gasteiger partial charge is 0.492 e. The maximum Gasteiger partial charge on any atom is 0.356 e. The Kier molecular flexibility index (Phi) is 2.51. The molecule has 5 nitrogen and oxygen atoms in total. The fourth-order valence-electron chi connectivity index (χ4n) is 2.39. The first-order valence-electron chi connectivity index (χ1n) is 5.80. The van der Waals surface area contributed by atoms with Crippen molar-refractivity contribution in [3.63, 3.8) is 0 Å². The number of aryl methyl sites for hydroxylation is 1. The molecule has 3 rings (SSSR count). The summed E-state index contributed by atoms with van der Waals surface area (Å²) >= 11 is 0. The van der Waals surface area contributed by atoms with E-state index in [1.165, 1.54) is 16.8 Å². The van der Waals surface area contributed by atoms with Gasteiger partial charge in [0, 0.05) is 30.7 Å². The fourth-order valence-corrected chi connectivity index (χ4v) is 2.39. The molecule has 1 aliphatic heterocycles. The van der Waals surface area contributed by atoms with Crippen molar-refractivity contribution in [2.45, 2.75) is 6.42 Å². The van der Waals surface area contributed by atoms with Crippen LogP contribution in [0.4, 0.5) is 4.39 Å². The van der Waals surface area contributed by atoms with Crippen molar-refractivity contribution in [3.05, 3.63) is 35.3 Å². The Morgan fingerprint density at radius 1 is 1.53 bits per heavy atom. The standard InChI is InChI=1S/C13H11FN2O3/c1-16-12-8-3-2-7(14)6-10(8)19-5-4-9(12)11(15-16)13(17)18/h2-3,6H,4-5H2,1H3,(H,17,18). The van der Waals surface area contributed by atoms with E-state index in [1.807, 2.05) is 0 Å². The highest BCUT2D eigenvalue weighted by Gasteiger charge is 2.26. The van der Waals surface area contributed by atoms with E-state index in [1.54, 1.807) is 13.1 Å². The summed E-state index contributed by atoms with van der Waals surface area (Å²) in [6.07, 6.45) is 0.432. The Labute approximate surface area is 108 Å². The van der Waals surface area contributed by atoms with E-state index < -0.39 is 5.97 Å². The lowest BCUT2D eigenvalue weighted by Crippen LogP contribution is -2.05. The average Bonchev–Trinajstić information content (AvgIpc) is 2.57. The minimum absolute atomic E-state index is 0.0262. The van der Waals surface area contributed by atoms with Gasteiger partial charge in [-0.3, -0.25) is 4.68 Å². The van der Waals surface area contributed by atoms with Crippen LogP contribution in [0, 0.1) is 5.82 Å². The number of carboxylic acids is 1. The number of carbonyl (C=O) groups is 1. The molecule has 0 radical (unpaired) electrons. The molecule has 19 heavy (non-hydrogen) atoms. The lowest BCUT2D eigenvalue weighted by molar-refractivity contribution is 0.0688. The van der Waals surface area contributed by atoms with E-state index in [4.69, 9.17) is 9.84 Å². The summed E-state index contributed by atoms with van der Waals surface area (Å²) in [6, 6.07) is 4.21. The second kappa shape index (κ2) is 4.08. The van der Waals surface area contributed by atoms with Gasteiger partial charge in [0.1, 0.15) is 11.6 Å². The van der Waals surface area contributed by atoms with Gasteiger partial charge in [-0.2, -0.15) is 5.10 Å². The van der Waals surface area contributed by atoms with Crippen molar-refractivity contribution in [1.82, 2.24) is 9.78 Å². The van der Waals surface area contributed by atoms with Crippen LogP contribution in [0.1, 0.15) is 16.1 Å². The fraction of sp³-hybridized carbons (Fsp3) is 0.231. The Hall–Kier alpha value is -2.37. The predicted molar refractivity (Wildman–Crippen MR) is 64.8 cm³/mol. The molecule has 0 bridgehead atoms. The van der Waals surface area contributed by atoms with E-state index in [2.05, 4.69) is 5.10 Å².